The van der Waals surface area contributed by atoms with Crippen molar-refractivity contribution in [2.24, 2.45) is 17.4 Å². The Kier molecular flexibility index (Phi) is 35.0. The third kappa shape index (κ3) is 25.2. The molecule has 1 aromatic heterocycles. The minimum atomic E-state index is -1.06. The molecule has 0 unspecified atom stereocenters. The van der Waals surface area contributed by atoms with Crippen molar-refractivity contribution in [1.29, 1.82) is 0 Å². The lowest BCUT2D eigenvalue weighted by Gasteiger charge is -2.43. The highest BCUT2D eigenvalue weighted by Gasteiger charge is 2.46. The van der Waals surface area contributed by atoms with Crippen LogP contribution in [0.3, 0.4) is 0 Å². The van der Waals surface area contributed by atoms with Gasteiger partial charge in [0, 0.05) is 116 Å². The number of carboxylic acid groups (broad SMARTS) is 1. The van der Waals surface area contributed by atoms with E-state index < -0.39 is 36.0 Å². The van der Waals surface area contributed by atoms with Crippen molar-refractivity contribution in [3.8, 4) is 0 Å². The summed E-state index contributed by atoms with van der Waals surface area (Å²) in [6, 6.07) is -2.75. The summed E-state index contributed by atoms with van der Waals surface area (Å²) in [5.74, 6) is 0.245. The van der Waals surface area contributed by atoms with E-state index in [-0.39, 0.29) is 91.3 Å². The normalized spacial score (nSPS) is 21.2. The molecule has 10 amide bonds. The van der Waals surface area contributed by atoms with Gasteiger partial charge in [-0.1, -0.05) is 104 Å². The first kappa shape index (κ1) is 81.5. The van der Waals surface area contributed by atoms with Gasteiger partial charge in [0.1, 0.15) is 37.3 Å². The molecular weight excluding hydrogens is 1310 g/mol. The molecule has 0 bridgehead atoms. The second kappa shape index (κ2) is 43.3. The number of carbonyl (C=O) groups is 10. The first-order valence-electron chi connectivity index (χ1n) is 38.4. The van der Waals surface area contributed by atoms with Crippen molar-refractivity contribution in [3.63, 3.8) is 0 Å². The number of urea groups is 1. The molecule has 568 valence electrons. The Morgan fingerprint density at radius 1 is 0.554 bits per heavy atom. The zero-order chi connectivity index (χ0) is 72.6. The van der Waals surface area contributed by atoms with Gasteiger partial charge in [0.25, 0.3) is 0 Å². The molecule has 0 aliphatic carbocycles. The number of nitrogens with two attached hydrogens (primary N) is 2. The molecule has 0 saturated carbocycles. The van der Waals surface area contributed by atoms with Crippen molar-refractivity contribution in [2.75, 3.05) is 133 Å². The standard InChI is InChI=1S/C71H122N18O11S/c1-5-51(2)63-67(99)89(49-60(93)83(63)4)54(29-21-24-36-73)65(97)75-38-26-17-13-9-7-11-15-19-32-58(91)85-42-46-87(47-43-85)70-80-68(76-39-27-22-30-56-62-52(50-101-56)77-71(100)78-62)79-69(81-70)86-44-40-84(41-45-86)57(90)31-18-14-10-6-8-12-16-25-37-74-64(96)53(28-20-23-35-72)88-48-59(92)82(3)55(66(88)98)33-34-61(94)95/h51-56,62-63H,5-50,72-73H2,1-4H3,(H,74,96)(H,75,97)(H,94,95)(H2,77,78,100)(H,76,79,80,81)/t51-,52-,53-,54-,55-,56-,62-,63-/m0/s1. The van der Waals surface area contributed by atoms with E-state index in [1.165, 1.54) is 21.7 Å². The number of piperazine rings is 4. The highest BCUT2D eigenvalue weighted by molar-refractivity contribution is 8.00. The Labute approximate surface area is 603 Å². The lowest BCUT2D eigenvalue weighted by atomic mass is 9.93. The van der Waals surface area contributed by atoms with E-state index in [4.69, 9.17) is 26.4 Å². The Hall–Kier alpha value is -6.82. The zero-order valence-electron chi connectivity index (χ0n) is 61.2. The van der Waals surface area contributed by atoms with E-state index in [0.29, 0.717) is 153 Å². The summed E-state index contributed by atoms with van der Waals surface area (Å²) < 4.78 is 0. The fourth-order valence-electron chi connectivity index (χ4n) is 14.7. The summed E-state index contributed by atoms with van der Waals surface area (Å²) in [5, 5.41) is 25.3. The Bertz CT molecular complexity index is 2830. The highest BCUT2D eigenvalue weighted by Crippen LogP contribution is 2.34. The number of carbonyl (C=O) groups excluding carboxylic acids is 9. The van der Waals surface area contributed by atoms with Crippen LogP contribution >= 0.6 is 11.8 Å². The number of anilines is 3. The van der Waals surface area contributed by atoms with Crippen LogP contribution in [-0.2, 0) is 43.2 Å². The second-order valence-electron chi connectivity index (χ2n) is 28.6. The number of fused-ring (bicyclic) bond motifs is 1. The first-order chi connectivity index (χ1) is 48.8. The Morgan fingerprint density at radius 2 is 1.02 bits per heavy atom. The van der Waals surface area contributed by atoms with E-state index in [1.807, 2.05) is 35.4 Å². The fourth-order valence-corrected chi connectivity index (χ4v) is 16.2. The van der Waals surface area contributed by atoms with Crippen LogP contribution in [0.1, 0.15) is 206 Å². The van der Waals surface area contributed by atoms with E-state index in [1.54, 1.807) is 11.9 Å². The number of carboxylic acids is 1. The van der Waals surface area contributed by atoms with Crippen LogP contribution in [0.25, 0.3) is 0 Å². The molecule has 0 spiro atoms. The monoisotopic (exact) mass is 1430 g/mol. The SMILES string of the molecule is CC[C@H](C)[C@H]1C(=O)N([C@@H](CCCCN)C(=O)NCCCCCCCCCCC(=O)N2CCN(c3nc(NCCCC[C@@H]4SC[C@@H]5NC(=O)N[C@@H]54)nc(N4CCN(C(=O)CCCCCCCCCCNC(=O)[C@H](CCCCN)N5CC(=O)N(C)[C@@H](CCC(=O)O)C5=O)CC4)n3)CC2)CC(=O)N1C. The van der Waals surface area contributed by atoms with Crippen LogP contribution in [0, 0.1) is 5.92 Å². The van der Waals surface area contributed by atoms with Crippen LogP contribution in [0.15, 0.2) is 0 Å². The van der Waals surface area contributed by atoms with Gasteiger partial charge in [-0.3, -0.25) is 43.2 Å². The molecule has 6 saturated heterocycles. The maximum atomic E-state index is 13.7. The van der Waals surface area contributed by atoms with Gasteiger partial charge in [-0.05, 0) is 102 Å². The minimum absolute atomic E-state index is 0.0205. The van der Waals surface area contributed by atoms with Crippen molar-refractivity contribution in [3.05, 3.63) is 0 Å². The minimum Gasteiger partial charge on any atom is -0.481 e. The third-order valence-corrected chi connectivity index (χ3v) is 22.7. The van der Waals surface area contributed by atoms with Crippen LogP contribution in [0.5, 0.6) is 0 Å². The molecule has 7 heterocycles. The molecule has 101 heavy (non-hydrogen) atoms. The summed E-state index contributed by atoms with van der Waals surface area (Å²) in [4.78, 5) is 159. The number of nitrogens with one attached hydrogen (secondary N) is 5. The van der Waals surface area contributed by atoms with Crippen molar-refractivity contribution < 1.29 is 53.1 Å². The van der Waals surface area contributed by atoms with Crippen LogP contribution in [0.2, 0.25) is 0 Å². The number of hydrogen-bond acceptors (Lipinski definition) is 19. The molecule has 6 fully saturated rings. The van der Waals surface area contributed by atoms with Crippen LogP contribution in [0.4, 0.5) is 22.6 Å². The summed E-state index contributed by atoms with van der Waals surface area (Å²) in [6.45, 7) is 10.9. The molecule has 1 aromatic rings. The van der Waals surface area contributed by atoms with E-state index in [2.05, 4.69) is 36.4 Å². The maximum Gasteiger partial charge on any atom is 0.315 e. The van der Waals surface area contributed by atoms with Gasteiger partial charge in [-0.2, -0.15) is 26.7 Å². The highest BCUT2D eigenvalue weighted by atomic mass is 32.2. The number of aliphatic carboxylic acids is 1. The van der Waals surface area contributed by atoms with Gasteiger partial charge in [0.15, 0.2) is 0 Å². The number of amides is 10. The Morgan fingerprint density at radius 3 is 1.50 bits per heavy atom. The summed E-state index contributed by atoms with van der Waals surface area (Å²) in [6.07, 6.45) is 23.4. The van der Waals surface area contributed by atoms with E-state index in [0.717, 1.165) is 141 Å². The summed E-state index contributed by atoms with van der Waals surface area (Å²) in [7, 11) is 3.18. The van der Waals surface area contributed by atoms with Gasteiger partial charge in [-0.25, -0.2) is 4.79 Å². The largest absolute Gasteiger partial charge is 0.481 e. The number of aromatic nitrogens is 3. The Balaban J connectivity index is 0.773. The van der Waals surface area contributed by atoms with Gasteiger partial charge in [0.2, 0.25) is 65.1 Å². The molecule has 29 nitrogen and oxygen atoms in total. The van der Waals surface area contributed by atoms with Crippen molar-refractivity contribution in [2.45, 2.75) is 248 Å². The van der Waals surface area contributed by atoms with Crippen LogP contribution < -0.4 is 47.9 Å². The average molecular weight is 1440 g/mol. The molecule has 30 heteroatoms. The average Bonchev–Trinajstić information content (AvgIpc) is 1.52. The molecule has 0 aromatic carbocycles. The quantitative estimate of drug-likeness (QED) is 0.0331. The van der Waals surface area contributed by atoms with Gasteiger partial charge >= 0.3 is 12.0 Å². The number of nitrogens with zero attached hydrogens (tertiary/aromatic N) is 11. The fraction of sp³-hybridized carbons (Fsp3) is 0.817. The smallest absolute Gasteiger partial charge is 0.315 e. The first-order valence-corrected chi connectivity index (χ1v) is 39.4. The van der Waals surface area contributed by atoms with Crippen molar-refractivity contribution >= 4 is 88.9 Å². The van der Waals surface area contributed by atoms with Gasteiger partial charge < -0.3 is 82.4 Å². The molecule has 6 aliphatic rings. The number of hydrogen-bond donors (Lipinski definition) is 8. The summed E-state index contributed by atoms with van der Waals surface area (Å²) >= 11 is 1.92. The molecular formula is C71H122N18O11S. The summed E-state index contributed by atoms with van der Waals surface area (Å²) in [5.41, 5.74) is 11.5. The third-order valence-electron chi connectivity index (χ3n) is 21.2. The molecule has 8 atom stereocenters. The second-order valence-corrected chi connectivity index (χ2v) is 29.9. The lowest BCUT2D eigenvalue weighted by Crippen LogP contribution is -2.64. The van der Waals surface area contributed by atoms with Gasteiger partial charge in [0.05, 0.1) is 12.1 Å². The number of likely N-dealkylation sites (N-methyl/N-ethyl adjacent to an activating group) is 2. The van der Waals surface area contributed by atoms with E-state index >= 15 is 0 Å². The predicted octanol–water partition coefficient (Wildman–Crippen LogP) is 4.42. The van der Waals surface area contributed by atoms with E-state index in [9.17, 15) is 53.1 Å². The van der Waals surface area contributed by atoms with Gasteiger partial charge in [-0.15, -0.1) is 0 Å². The molecule has 6 aliphatic heterocycles. The van der Waals surface area contributed by atoms with Crippen molar-refractivity contribution in [1.82, 2.24) is 65.6 Å². The molecule has 7 rings (SSSR count). The topological polar surface area (TPSA) is 368 Å². The lowest BCUT2D eigenvalue weighted by molar-refractivity contribution is -0.161. The molecule has 0 radical (unpaired) electrons. The number of rotatable bonds is 47. The number of unbranched alkanes of at least 4 members (excludes halogenated alkanes) is 17. The zero-order valence-corrected chi connectivity index (χ0v) is 62.0. The van der Waals surface area contributed by atoms with Crippen LogP contribution in [-0.4, -0.2) is 268 Å². The number of thioether (sulfide) groups is 1. The molecule has 10 N–H and O–H groups in total. The predicted molar refractivity (Wildman–Crippen MR) is 391 cm³/mol. The maximum absolute atomic E-state index is 13.7.